The first-order valence-electron chi connectivity index (χ1n) is 9.37. The summed E-state index contributed by atoms with van der Waals surface area (Å²) in [6.45, 7) is 7.78. The highest BCUT2D eigenvalue weighted by atomic mass is 32.2. The van der Waals surface area contributed by atoms with Gasteiger partial charge in [0.05, 0.1) is 11.9 Å². The molecule has 0 unspecified atom stereocenters. The molecule has 0 atom stereocenters. The van der Waals surface area contributed by atoms with E-state index in [9.17, 15) is 13.2 Å². The number of sulfonamides is 1. The minimum Gasteiger partial charge on any atom is -0.336 e. The van der Waals surface area contributed by atoms with Crippen LogP contribution in [0, 0.1) is 13.8 Å². The lowest BCUT2D eigenvalue weighted by Gasteiger charge is -2.35. The quantitative estimate of drug-likeness (QED) is 0.836. The van der Waals surface area contributed by atoms with Gasteiger partial charge in [0.2, 0.25) is 10.0 Å². The van der Waals surface area contributed by atoms with Crippen molar-refractivity contribution in [1.82, 2.24) is 9.80 Å². The number of piperazine rings is 1. The second-order valence-corrected chi connectivity index (χ2v) is 9.15. The maximum absolute atomic E-state index is 12.9. The van der Waals surface area contributed by atoms with Crippen molar-refractivity contribution in [3.63, 3.8) is 0 Å². The van der Waals surface area contributed by atoms with Crippen LogP contribution in [0.15, 0.2) is 42.5 Å². The van der Waals surface area contributed by atoms with Crippen LogP contribution in [-0.4, -0.2) is 56.6 Å². The molecule has 0 aromatic heterocycles. The van der Waals surface area contributed by atoms with Gasteiger partial charge >= 0.3 is 0 Å². The van der Waals surface area contributed by atoms with Crippen LogP contribution in [0.3, 0.4) is 0 Å². The van der Waals surface area contributed by atoms with E-state index < -0.39 is 10.0 Å². The third-order valence-corrected chi connectivity index (χ3v) is 5.69. The number of benzene rings is 2. The van der Waals surface area contributed by atoms with Gasteiger partial charge in [-0.3, -0.25) is 14.4 Å². The Morgan fingerprint density at radius 1 is 1.00 bits per heavy atom. The summed E-state index contributed by atoms with van der Waals surface area (Å²) >= 11 is 0. The number of nitrogens with zero attached hydrogens (tertiary/aromatic N) is 2. The van der Waals surface area contributed by atoms with Gasteiger partial charge < -0.3 is 4.90 Å². The molecule has 2 aromatic carbocycles. The fourth-order valence-corrected chi connectivity index (χ4v) is 4.00. The summed E-state index contributed by atoms with van der Waals surface area (Å²) in [4.78, 5) is 17.1. The lowest BCUT2D eigenvalue weighted by molar-refractivity contribution is 0.0628. The molecule has 150 valence electrons. The number of aryl methyl sites for hydroxylation is 2. The van der Waals surface area contributed by atoms with Crippen molar-refractivity contribution in [2.75, 3.05) is 37.2 Å². The van der Waals surface area contributed by atoms with Crippen LogP contribution in [0.4, 0.5) is 5.69 Å². The average molecular weight is 402 g/mol. The van der Waals surface area contributed by atoms with E-state index in [0.29, 0.717) is 24.3 Å². The zero-order chi connectivity index (χ0) is 20.3. The highest BCUT2D eigenvalue weighted by molar-refractivity contribution is 7.92. The molecule has 1 heterocycles. The third-order valence-electron chi connectivity index (χ3n) is 5.09. The molecule has 6 nitrogen and oxygen atoms in total. The Balaban J connectivity index is 1.64. The molecule has 1 aliphatic heterocycles. The van der Waals surface area contributed by atoms with E-state index in [1.165, 1.54) is 11.1 Å². The molecular formula is C21H27N3O3S. The highest BCUT2D eigenvalue weighted by Crippen LogP contribution is 2.20. The fourth-order valence-electron chi connectivity index (χ4n) is 3.38. The fraction of sp³-hybridized carbons (Fsp3) is 0.381. The Labute approximate surface area is 167 Å². The van der Waals surface area contributed by atoms with E-state index >= 15 is 0 Å². The van der Waals surface area contributed by atoms with Gasteiger partial charge in [0.1, 0.15) is 0 Å². The topological polar surface area (TPSA) is 69.7 Å². The van der Waals surface area contributed by atoms with Crippen molar-refractivity contribution in [3.05, 3.63) is 64.7 Å². The van der Waals surface area contributed by atoms with Crippen molar-refractivity contribution in [2.24, 2.45) is 0 Å². The van der Waals surface area contributed by atoms with Crippen molar-refractivity contribution >= 4 is 21.6 Å². The molecule has 0 aliphatic carbocycles. The SMILES string of the molecule is Cc1ccccc1CN1CCN(C(=O)c2ccc(C)c(NS(C)(=O)=O)c2)CC1. The van der Waals surface area contributed by atoms with E-state index in [0.717, 1.165) is 31.5 Å². The molecule has 0 radical (unpaired) electrons. The van der Waals surface area contributed by atoms with Crippen LogP contribution in [0.25, 0.3) is 0 Å². The molecule has 7 heteroatoms. The van der Waals surface area contributed by atoms with Crippen LogP contribution in [-0.2, 0) is 16.6 Å². The molecule has 0 saturated carbocycles. The Morgan fingerprint density at radius 2 is 1.68 bits per heavy atom. The Kier molecular flexibility index (Phi) is 6.05. The normalized spacial score (nSPS) is 15.5. The lowest BCUT2D eigenvalue weighted by Crippen LogP contribution is -2.48. The molecule has 1 N–H and O–H groups in total. The van der Waals surface area contributed by atoms with E-state index in [1.54, 1.807) is 18.2 Å². The van der Waals surface area contributed by atoms with Crippen LogP contribution >= 0.6 is 0 Å². The molecule has 2 aromatic rings. The van der Waals surface area contributed by atoms with E-state index in [4.69, 9.17) is 0 Å². The van der Waals surface area contributed by atoms with Crippen molar-refractivity contribution in [3.8, 4) is 0 Å². The first kappa shape index (κ1) is 20.4. The first-order chi connectivity index (χ1) is 13.2. The van der Waals surface area contributed by atoms with Crippen LogP contribution in [0.2, 0.25) is 0 Å². The second-order valence-electron chi connectivity index (χ2n) is 7.40. The monoisotopic (exact) mass is 401 g/mol. The summed E-state index contributed by atoms with van der Waals surface area (Å²) in [5, 5.41) is 0. The summed E-state index contributed by atoms with van der Waals surface area (Å²) in [5.41, 5.74) is 4.34. The number of amides is 1. The van der Waals surface area contributed by atoms with Gasteiger partial charge in [0, 0.05) is 38.3 Å². The molecule has 28 heavy (non-hydrogen) atoms. The van der Waals surface area contributed by atoms with Crippen LogP contribution < -0.4 is 4.72 Å². The van der Waals surface area contributed by atoms with Gasteiger partial charge in [-0.25, -0.2) is 8.42 Å². The summed E-state index contributed by atoms with van der Waals surface area (Å²) in [6.07, 6.45) is 1.11. The molecular weight excluding hydrogens is 374 g/mol. The standard InChI is InChI=1S/C21H27N3O3S/c1-16-6-4-5-7-19(16)15-23-10-12-24(13-11-23)21(25)18-9-8-17(2)20(14-18)22-28(3,26)27/h4-9,14,22H,10-13,15H2,1-3H3. The van der Waals surface area contributed by atoms with Gasteiger partial charge in [-0.1, -0.05) is 30.3 Å². The number of hydrogen-bond acceptors (Lipinski definition) is 4. The van der Waals surface area contributed by atoms with Gasteiger partial charge in [0.25, 0.3) is 5.91 Å². The predicted molar refractivity (Wildman–Crippen MR) is 112 cm³/mol. The van der Waals surface area contributed by atoms with Crippen LogP contribution in [0.5, 0.6) is 0 Å². The predicted octanol–water partition coefficient (Wildman–Crippen LogP) is 2.63. The average Bonchev–Trinajstić information content (AvgIpc) is 2.64. The molecule has 1 fully saturated rings. The minimum atomic E-state index is -3.39. The molecule has 0 bridgehead atoms. The first-order valence-corrected chi connectivity index (χ1v) is 11.3. The third kappa shape index (κ3) is 5.11. The number of nitrogens with one attached hydrogen (secondary N) is 1. The van der Waals surface area contributed by atoms with Gasteiger partial charge in [-0.05, 0) is 42.7 Å². The van der Waals surface area contributed by atoms with Gasteiger partial charge in [-0.15, -0.1) is 0 Å². The Hall–Kier alpha value is -2.38. The lowest BCUT2D eigenvalue weighted by atomic mass is 10.1. The largest absolute Gasteiger partial charge is 0.336 e. The maximum Gasteiger partial charge on any atom is 0.254 e. The summed E-state index contributed by atoms with van der Waals surface area (Å²) in [5.74, 6) is -0.0629. The zero-order valence-electron chi connectivity index (χ0n) is 16.6. The highest BCUT2D eigenvalue weighted by Gasteiger charge is 2.23. The van der Waals surface area contributed by atoms with E-state index in [1.807, 2.05) is 17.9 Å². The molecule has 3 rings (SSSR count). The maximum atomic E-state index is 12.9. The number of carbonyl (C=O) groups is 1. The molecule has 0 spiro atoms. The number of carbonyl (C=O) groups excluding carboxylic acids is 1. The number of anilines is 1. The van der Waals surface area contributed by atoms with Crippen molar-refractivity contribution in [1.29, 1.82) is 0 Å². The number of hydrogen-bond donors (Lipinski definition) is 1. The van der Waals surface area contributed by atoms with Crippen molar-refractivity contribution in [2.45, 2.75) is 20.4 Å². The van der Waals surface area contributed by atoms with Gasteiger partial charge in [0.15, 0.2) is 0 Å². The second kappa shape index (κ2) is 8.32. The Bertz CT molecular complexity index is 965. The summed E-state index contributed by atoms with van der Waals surface area (Å²) in [7, 11) is -3.39. The van der Waals surface area contributed by atoms with E-state index in [2.05, 4.69) is 34.7 Å². The number of rotatable bonds is 5. The smallest absolute Gasteiger partial charge is 0.254 e. The molecule has 1 aliphatic rings. The van der Waals surface area contributed by atoms with Crippen LogP contribution in [0.1, 0.15) is 27.0 Å². The van der Waals surface area contributed by atoms with E-state index in [-0.39, 0.29) is 5.91 Å². The minimum absolute atomic E-state index is 0.0629. The zero-order valence-corrected chi connectivity index (χ0v) is 17.4. The van der Waals surface area contributed by atoms with Gasteiger partial charge in [-0.2, -0.15) is 0 Å². The Morgan fingerprint density at radius 3 is 2.32 bits per heavy atom. The summed E-state index contributed by atoms with van der Waals surface area (Å²) in [6, 6.07) is 13.5. The molecule has 1 saturated heterocycles. The molecule has 1 amide bonds. The summed E-state index contributed by atoms with van der Waals surface area (Å²) < 4.78 is 25.5. The van der Waals surface area contributed by atoms with Crippen molar-refractivity contribution < 1.29 is 13.2 Å².